The largest absolute Gasteiger partial charge is 0.395 e. The topological polar surface area (TPSA) is 57.6 Å². The monoisotopic (exact) mass is 461 g/mol. The number of hydrogen-bond acceptors (Lipinski definition) is 3. The van der Waals surface area contributed by atoms with Crippen LogP contribution >= 0.6 is 0 Å². The highest BCUT2D eigenvalue weighted by Gasteiger charge is 3.02. The third kappa shape index (κ3) is 2.52. The van der Waals surface area contributed by atoms with Crippen LogP contribution in [0.2, 0.25) is 0 Å². The zero-order chi connectivity index (χ0) is 22.8. The van der Waals surface area contributed by atoms with Crippen LogP contribution in [0.5, 0.6) is 0 Å². The van der Waals surface area contributed by atoms with E-state index >= 15 is 0 Å². The first-order chi connectivity index (χ1) is 12.2. The van der Waals surface area contributed by atoms with Gasteiger partial charge < -0.3 is 5.11 Å². The molecule has 4 nitrogen and oxygen atoms in total. The van der Waals surface area contributed by atoms with Gasteiger partial charge in [-0.15, -0.1) is 0 Å². The maximum Gasteiger partial charge on any atom is 0.384 e. The van der Waals surface area contributed by atoms with Crippen LogP contribution in [0, 0.1) is 0 Å². The Hall–Kier alpha value is -0.900. The van der Waals surface area contributed by atoms with E-state index in [4.69, 9.17) is 5.11 Å². The molecule has 1 rings (SSSR count). The lowest BCUT2D eigenvalue weighted by Crippen LogP contribution is -2.86. The van der Waals surface area contributed by atoms with Gasteiger partial charge in [0, 0.05) is 13.1 Å². The van der Waals surface area contributed by atoms with Crippen LogP contribution in [0.1, 0.15) is 13.8 Å². The molecule has 1 N–H and O–H groups in total. The number of halogens is 11. The van der Waals surface area contributed by atoms with E-state index < -0.39 is 70.3 Å². The summed E-state index contributed by atoms with van der Waals surface area (Å²) >= 11 is 0. The lowest BCUT2D eigenvalue weighted by molar-refractivity contribution is -0.484. The van der Waals surface area contributed by atoms with E-state index in [1.165, 1.54) is 0 Å². The zero-order valence-corrected chi connectivity index (χ0v) is 14.8. The molecule has 0 aliphatic heterocycles. The van der Waals surface area contributed by atoms with Crippen molar-refractivity contribution in [3.8, 4) is 0 Å². The third-order valence-electron chi connectivity index (χ3n) is 4.56. The normalized spacial score (nSPS) is 28.1. The SMILES string of the molecule is CCN(CCO)S(=O)(=O)C(C)C1(F)C(F)(F)C(F)(F)C(F)(F)C(F)(F)C1(F)F. The lowest BCUT2D eigenvalue weighted by Gasteiger charge is -2.54. The van der Waals surface area contributed by atoms with Crippen molar-refractivity contribution in [3.05, 3.63) is 0 Å². The molecule has 1 atom stereocenters. The molecule has 1 aliphatic rings. The van der Waals surface area contributed by atoms with Gasteiger partial charge in [-0.25, -0.2) is 12.8 Å². The predicted octanol–water partition coefficient (Wildman–Crippen LogP) is 2.92. The van der Waals surface area contributed by atoms with Crippen molar-refractivity contribution in [1.82, 2.24) is 4.31 Å². The van der Waals surface area contributed by atoms with E-state index in [-0.39, 0.29) is 11.2 Å². The molecule has 0 heterocycles. The summed E-state index contributed by atoms with van der Waals surface area (Å²) in [7, 11) is -5.82. The minimum atomic E-state index is -7.42. The van der Waals surface area contributed by atoms with E-state index in [0.717, 1.165) is 6.92 Å². The Labute approximate surface area is 151 Å². The van der Waals surface area contributed by atoms with Crippen molar-refractivity contribution >= 4 is 10.0 Å². The first-order valence-corrected chi connectivity index (χ1v) is 8.86. The lowest BCUT2D eigenvalue weighted by atomic mass is 9.71. The second kappa shape index (κ2) is 6.55. The molecule has 0 saturated heterocycles. The number of rotatable bonds is 6. The molecule has 0 aromatic rings. The van der Waals surface area contributed by atoms with Crippen molar-refractivity contribution in [1.29, 1.82) is 0 Å². The molecule has 16 heteroatoms. The van der Waals surface area contributed by atoms with E-state index in [1.807, 2.05) is 0 Å². The molecule has 28 heavy (non-hydrogen) atoms. The fourth-order valence-corrected chi connectivity index (χ4v) is 4.61. The zero-order valence-electron chi connectivity index (χ0n) is 14.0. The molecule has 0 spiro atoms. The van der Waals surface area contributed by atoms with Gasteiger partial charge in [-0.3, -0.25) is 0 Å². The summed E-state index contributed by atoms with van der Waals surface area (Å²) in [5.41, 5.74) is -6.64. The average Bonchev–Trinajstić information content (AvgIpc) is 2.55. The fraction of sp³-hybridized carbons (Fsp3) is 1.00. The highest BCUT2D eigenvalue weighted by Crippen LogP contribution is 2.70. The Bertz CT molecular complexity index is 680. The van der Waals surface area contributed by atoms with Gasteiger partial charge in [0.25, 0.3) is 5.67 Å². The summed E-state index contributed by atoms with van der Waals surface area (Å²) in [6, 6.07) is 0. The van der Waals surface area contributed by atoms with Crippen molar-refractivity contribution in [2.45, 2.75) is 54.4 Å². The number of nitrogens with zero attached hydrogens (tertiary/aromatic N) is 1. The number of alkyl halides is 11. The third-order valence-corrected chi connectivity index (χ3v) is 6.94. The molecular formula is C12H14F11NO3S. The minimum absolute atomic E-state index is 0.131. The number of hydrogen-bond donors (Lipinski definition) is 1. The average molecular weight is 461 g/mol. The van der Waals surface area contributed by atoms with E-state index in [9.17, 15) is 56.7 Å². The van der Waals surface area contributed by atoms with E-state index in [1.54, 1.807) is 0 Å². The first kappa shape index (κ1) is 25.1. The summed E-state index contributed by atoms with van der Waals surface area (Å²) in [5.74, 6) is -36.6. The molecule has 1 aliphatic carbocycles. The summed E-state index contributed by atoms with van der Waals surface area (Å²) in [6.07, 6.45) is 0. The molecule has 0 aromatic carbocycles. The van der Waals surface area contributed by atoms with Gasteiger partial charge in [-0.2, -0.15) is 48.2 Å². The van der Waals surface area contributed by atoms with E-state index in [2.05, 4.69) is 0 Å². The molecule has 1 saturated carbocycles. The van der Waals surface area contributed by atoms with Crippen LogP contribution in [0.4, 0.5) is 48.3 Å². The van der Waals surface area contributed by atoms with Gasteiger partial charge in [0.2, 0.25) is 10.0 Å². The molecule has 1 fully saturated rings. The van der Waals surface area contributed by atoms with Crippen LogP contribution in [0.25, 0.3) is 0 Å². The summed E-state index contributed by atoms with van der Waals surface area (Å²) in [5, 5.41) is 4.65. The maximum atomic E-state index is 14.8. The summed E-state index contributed by atoms with van der Waals surface area (Å²) in [4.78, 5) is 0. The van der Waals surface area contributed by atoms with Crippen molar-refractivity contribution in [2.75, 3.05) is 19.7 Å². The number of aliphatic hydroxyl groups is 1. The standard InChI is InChI=1S/C12H14F11NO3S/c1-3-24(4-5-25)28(26,27)6(2)7(13)8(14,15)10(18,19)12(22,23)11(20,21)9(7,16)17/h6,25H,3-5H2,1-2H3. The highest BCUT2D eigenvalue weighted by molar-refractivity contribution is 7.89. The molecule has 1 unspecified atom stereocenters. The van der Waals surface area contributed by atoms with E-state index in [0.29, 0.717) is 0 Å². The molecule has 0 radical (unpaired) electrons. The number of aliphatic hydroxyl groups excluding tert-OH is 1. The molecule has 0 amide bonds. The molecule has 0 aromatic heterocycles. The van der Waals surface area contributed by atoms with Crippen LogP contribution in [-0.4, -0.2) is 78.1 Å². The maximum absolute atomic E-state index is 14.8. The van der Waals surface area contributed by atoms with Crippen LogP contribution in [0.3, 0.4) is 0 Å². The van der Waals surface area contributed by atoms with Crippen molar-refractivity contribution < 1.29 is 61.8 Å². The summed E-state index contributed by atoms with van der Waals surface area (Å²) in [6.45, 7) is -2.33. The van der Waals surface area contributed by atoms with Crippen molar-refractivity contribution in [3.63, 3.8) is 0 Å². The van der Waals surface area contributed by atoms with Gasteiger partial charge in [0.05, 0.1) is 6.61 Å². The van der Waals surface area contributed by atoms with Gasteiger partial charge in [0.15, 0.2) is 0 Å². The van der Waals surface area contributed by atoms with Crippen LogP contribution < -0.4 is 0 Å². The predicted molar refractivity (Wildman–Crippen MR) is 71.3 cm³/mol. The van der Waals surface area contributed by atoms with Crippen LogP contribution in [0.15, 0.2) is 0 Å². The second-order valence-corrected chi connectivity index (χ2v) is 8.24. The number of sulfonamides is 1. The molecule has 168 valence electrons. The van der Waals surface area contributed by atoms with Gasteiger partial charge in [-0.1, -0.05) is 6.92 Å². The molecular weight excluding hydrogens is 447 g/mol. The van der Waals surface area contributed by atoms with Gasteiger partial charge >= 0.3 is 29.6 Å². The van der Waals surface area contributed by atoms with Crippen molar-refractivity contribution in [2.24, 2.45) is 0 Å². The smallest absolute Gasteiger partial charge is 0.384 e. The Balaban J connectivity index is 3.88. The fourth-order valence-electron chi connectivity index (χ4n) is 2.76. The molecule has 0 bridgehead atoms. The quantitative estimate of drug-likeness (QED) is 0.620. The Morgan fingerprint density at radius 2 is 1.11 bits per heavy atom. The second-order valence-electron chi connectivity index (χ2n) is 5.99. The summed E-state index contributed by atoms with van der Waals surface area (Å²) < 4.78 is 175. The Morgan fingerprint density at radius 3 is 1.39 bits per heavy atom. The van der Waals surface area contributed by atoms with Gasteiger partial charge in [0.1, 0.15) is 5.25 Å². The highest BCUT2D eigenvalue weighted by atomic mass is 32.2. The Morgan fingerprint density at radius 1 is 0.786 bits per heavy atom. The van der Waals surface area contributed by atoms with Crippen LogP contribution in [-0.2, 0) is 10.0 Å². The minimum Gasteiger partial charge on any atom is -0.395 e. The number of likely N-dealkylation sites (N-methyl/N-ethyl adjacent to an activating group) is 1. The Kier molecular flexibility index (Phi) is 5.88. The first-order valence-electron chi connectivity index (χ1n) is 7.35. The van der Waals surface area contributed by atoms with Gasteiger partial charge in [-0.05, 0) is 6.92 Å².